The Morgan fingerprint density at radius 3 is 2.32 bits per heavy atom. The Hall–Kier alpha value is -3.83. The molecule has 1 aliphatic rings. The van der Waals surface area contributed by atoms with Crippen molar-refractivity contribution >= 4 is 39.8 Å². The summed E-state index contributed by atoms with van der Waals surface area (Å²) in [4.78, 5) is 28.7. The highest BCUT2D eigenvalue weighted by Gasteiger charge is 2.27. The average Bonchev–Trinajstić information content (AvgIpc) is 3.04. The van der Waals surface area contributed by atoms with Gasteiger partial charge >= 0.3 is 12.1 Å². The summed E-state index contributed by atoms with van der Waals surface area (Å²) in [7, 11) is 5.23. The van der Waals surface area contributed by atoms with Crippen molar-refractivity contribution in [3.8, 4) is 11.5 Å². The fourth-order valence-corrected chi connectivity index (χ4v) is 6.45. The number of nitrogens with one attached hydrogen (secondary N) is 1. The molecule has 2 unspecified atom stereocenters. The Labute approximate surface area is 281 Å². The highest BCUT2D eigenvalue weighted by molar-refractivity contribution is 7.78. The van der Waals surface area contributed by atoms with Crippen molar-refractivity contribution in [3.63, 3.8) is 0 Å². The van der Waals surface area contributed by atoms with Crippen LogP contribution in [-0.2, 0) is 32.0 Å². The van der Waals surface area contributed by atoms with E-state index in [1.54, 1.807) is 6.07 Å². The third-order valence-corrected chi connectivity index (χ3v) is 8.94. The van der Waals surface area contributed by atoms with Gasteiger partial charge in [0.2, 0.25) is 0 Å². The van der Waals surface area contributed by atoms with Gasteiger partial charge in [-0.3, -0.25) is 4.79 Å². The fraction of sp³-hybridized carbons (Fsp3) is 0.500. The van der Waals surface area contributed by atoms with Gasteiger partial charge in [0.1, 0.15) is 23.1 Å². The lowest BCUT2D eigenvalue weighted by Gasteiger charge is -2.33. The molecule has 10 nitrogen and oxygen atoms in total. The number of benzene rings is 3. The predicted molar refractivity (Wildman–Crippen MR) is 186 cm³/mol. The molecule has 3 aromatic carbocycles. The van der Waals surface area contributed by atoms with E-state index in [9.17, 15) is 13.8 Å². The van der Waals surface area contributed by atoms with Crippen LogP contribution in [0.3, 0.4) is 0 Å². The summed E-state index contributed by atoms with van der Waals surface area (Å²) in [6.45, 7) is 7.79. The van der Waals surface area contributed by atoms with E-state index in [1.165, 1.54) is 7.11 Å². The summed E-state index contributed by atoms with van der Waals surface area (Å²) in [6, 6.07) is 18.1. The van der Waals surface area contributed by atoms with Crippen LogP contribution in [0, 0.1) is 5.92 Å². The van der Waals surface area contributed by atoms with Gasteiger partial charge in [-0.2, -0.15) is 8.93 Å². The zero-order valence-corrected chi connectivity index (χ0v) is 29.3. The molecule has 3 aromatic rings. The van der Waals surface area contributed by atoms with Gasteiger partial charge in [0.15, 0.2) is 0 Å². The van der Waals surface area contributed by atoms with E-state index in [0.717, 1.165) is 73.0 Å². The number of carbonyl (C=O) groups excluding carboxylic acids is 2. The van der Waals surface area contributed by atoms with Crippen LogP contribution in [0.4, 0.5) is 10.5 Å². The van der Waals surface area contributed by atoms with Crippen molar-refractivity contribution in [2.75, 3.05) is 45.8 Å². The number of esters is 1. The van der Waals surface area contributed by atoms with Gasteiger partial charge < -0.3 is 28.2 Å². The number of amides is 1. The quantitative estimate of drug-likeness (QED) is 0.155. The number of piperidine rings is 1. The summed E-state index contributed by atoms with van der Waals surface area (Å²) < 4.78 is 38.0. The molecular formula is C36H49N3O7S. The molecule has 1 N–H and O–H groups in total. The largest absolute Gasteiger partial charge is 0.494 e. The summed E-state index contributed by atoms with van der Waals surface area (Å²) in [5, 5.41) is 1.79. The van der Waals surface area contributed by atoms with Crippen molar-refractivity contribution < 1.29 is 32.2 Å². The van der Waals surface area contributed by atoms with Crippen molar-refractivity contribution in [2.24, 2.45) is 5.92 Å². The van der Waals surface area contributed by atoms with Gasteiger partial charge in [-0.1, -0.05) is 42.8 Å². The Morgan fingerprint density at radius 2 is 1.66 bits per heavy atom. The fourth-order valence-electron chi connectivity index (χ4n) is 5.68. The number of hydrogen-bond acceptors (Lipinski definition) is 8. The lowest BCUT2D eigenvalue weighted by atomic mass is 9.92. The Bertz CT molecular complexity index is 1500. The van der Waals surface area contributed by atoms with Crippen LogP contribution >= 0.6 is 0 Å². The van der Waals surface area contributed by atoms with Gasteiger partial charge in [-0.05, 0) is 88.6 Å². The van der Waals surface area contributed by atoms with E-state index in [0.29, 0.717) is 18.3 Å². The molecule has 4 rings (SSSR count). The molecule has 256 valence electrons. The van der Waals surface area contributed by atoms with E-state index >= 15 is 0 Å². The normalized spacial score (nSPS) is 15.1. The lowest BCUT2D eigenvalue weighted by Crippen LogP contribution is -2.41. The van der Waals surface area contributed by atoms with Gasteiger partial charge in [0, 0.05) is 43.6 Å². The molecule has 0 spiro atoms. The summed E-state index contributed by atoms with van der Waals surface area (Å²) in [5.74, 6) is 1.28. The van der Waals surface area contributed by atoms with Crippen molar-refractivity contribution in [2.45, 2.75) is 70.9 Å². The topological polar surface area (TPSA) is 107 Å². The zero-order valence-electron chi connectivity index (χ0n) is 28.5. The second kappa shape index (κ2) is 16.8. The van der Waals surface area contributed by atoms with Crippen LogP contribution in [0.2, 0.25) is 0 Å². The highest BCUT2D eigenvalue weighted by Crippen LogP contribution is 2.32. The van der Waals surface area contributed by atoms with Crippen molar-refractivity contribution in [1.29, 1.82) is 0 Å². The SMILES string of the molecule is COC(=O)C(Cc1ccc(OCCCCC2CCN(C(=O)OC(C)(C)C)CC2)cc1)NS(=O)Oc1cccc2c(N(C)C)cccc12. The number of likely N-dealkylation sites (tertiary alicyclic amines) is 1. The monoisotopic (exact) mass is 667 g/mol. The molecule has 2 atom stereocenters. The molecule has 0 saturated carbocycles. The van der Waals surface area contributed by atoms with Crippen molar-refractivity contribution in [1.82, 2.24) is 9.62 Å². The third kappa shape index (κ3) is 10.9. The number of nitrogens with zero attached hydrogens (tertiary/aromatic N) is 2. The minimum atomic E-state index is -2.00. The molecule has 11 heteroatoms. The number of methoxy groups -OCH3 is 1. The predicted octanol–water partition coefficient (Wildman–Crippen LogP) is 6.43. The van der Waals surface area contributed by atoms with E-state index in [2.05, 4.69) is 4.72 Å². The molecule has 0 bridgehead atoms. The number of hydrogen-bond donors (Lipinski definition) is 1. The maximum absolute atomic E-state index is 13.0. The third-order valence-electron chi connectivity index (χ3n) is 8.14. The Balaban J connectivity index is 1.21. The maximum atomic E-state index is 13.0. The summed E-state index contributed by atoms with van der Waals surface area (Å²) in [6.07, 6.45) is 5.18. The summed E-state index contributed by atoms with van der Waals surface area (Å²) >= 11 is -2.00. The van der Waals surface area contributed by atoms with E-state index in [-0.39, 0.29) is 12.5 Å². The zero-order chi connectivity index (χ0) is 34.0. The number of carbonyl (C=O) groups is 2. The highest BCUT2D eigenvalue weighted by atomic mass is 32.2. The number of unbranched alkanes of at least 4 members (excludes halogenated alkanes) is 1. The minimum Gasteiger partial charge on any atom is -0.494 e. The molecule has 1 saturated heterocycles. The molecule has 1 heterocycles. The van der Waals surface area contributed by atoms with Gasteiger partial charge in [-0.25, -0.2) is 4.79 Å². The molecule has 1 amide bonds. The standard InChI is InChI=1S/C36H49N3O7S/c1-36(2,3)45-35(41)39-22-20-26(21-23-39)11-7-8-24-44-28-18-16-27(17-19-28)25-31(34(40)43-6)37-47(42)46-33-15-10-12-29-30(33)13-9-14-32(29)38(4)5/h9-10,12-19,26,31,37H,7-8,11,20-25H2,1-6H3. The van der Waals surface area contributed by atoms with Gasteiger partial charge in [-0.15, -0.1) is 0 Å². The number of ether oxygens (including phenoxy) is 3. The number of fused-ring (bicyclic) bond motifs is 1. The van der Waals surface area contributed by atoms with Crippen LogP contribution < -0.4 is 18.5 Å². The second-order valence-corrected chi connectivity index (χ2v) is 14.0. The first-order valence-corrected chi connectivity index (χ1v) is 17.3. The lowest BCUT2D eigenvalue weighted by molar-refractivity contribution is -0.142. The van der Waals surface area contributed by atoms with E-state index in [4.69, 9.17) is 18.4 Å². The first kappa shape index (κ1) is 36.0. The molecule has 1 fully saturated rings. The smallest absolute Gasteiger partial charge is 0.410 e. The Morgan fingerprint density at radius 1 is 0.979 bits per heavy atom. The van der Waals surface area contributed by atoms with Crippen LogP contribution in [0.15, 0.2) is 60.7 Å². The average molecular weight is 668 g/mol. The van der Waals surface area contributed by atoms with Crippen LogP contribution in [0.1, 0.15) is 58.4 Å². The summed E-state index contributed by atoms with van der Waals surface area (Å²) in [5.41, 5.74) is 1.40. The van der Waals surface area contributed by atoms with Crippen LogP contribution in [0.5, 0.6) is 11.5 Å². The van der Waals surface area contributed by atoms with Gasteiger partial charge in [0.25, 0.3) is 11.3 Å². The van der Waals surface area contributed by atoms with Gasteiger partial charge in [0.05, 0.1) is 13.7 Å². The second-order valence-electron chi connectivity index (χ2n) is 13.1. The Kier molecular flexibility index (Phi) is 12.9. The molecule has 0 aliphatic carbocycles. The van der Waals surface area contributed by atoms with E-state index in [1.807, 2.05) is 99.3 Å². The first-order chi connectivity index (χ1) is 22.4. The molecule has 47 heavy (non-hydrogen) atoms. The number of rotatable bonds is 14. The van der Waals surface area contributed by atoms with Crippen LogP contribution in [0.25, 0.3) is 10.8 Å². The van der Waals surface area contributed by atoms with E-state index < -0.39 is 28.9 Å². The van der Waals surface area contributed by atoms with Crippen LogP contribution in [-0.4, -0.2) is 73.7 Å². The molecule has 0 radical (unpaired) electrons. The minimum absolute atomic E-state index is 0.216. The maximum Gasteiger partial charge on any atom is 0.410 e. The van der Waals surface area contributed by atoms with Crippen molar-refractivity contribution in [3.05, 3.63) is 66.2 Å². The number of anilines is 1. The first-order valence-electron chi connectivity index (χ1n) is 16.3. The molecule has 0 aromatic heterocycles. The molecule has 1 aliphatic heterocycles. The molecular weight excluding hydrogens is 618 g/mol.